The van der Waals surface area contributed by atoms with Gasteiger partial charge in [-0.1, -0.05) is 0 Å². The molecule has 0 bridgehead atoms. The van der Waals surface area contributed by atoms with Gasteiger partial charge in [0.25, 0.3) is 0 Å². The number of methoxy groups -OCH3 is 1. The number of anilines is 1. The third-order valence-corrected chi connectivity index (χ3v) is 6.61. The molecule has 152 valence electrons. The summed E-state index contributed by atoms with van der Waals surface area (Å²) in [7, 11) is 1.75. The summed E-state index contributed by atoms with van der Waals surface area (Å²) in [6.07, 6.45) is 10.0. The van der Waals surface area contributed by atoms with Crippen LogP contribution in [0.1, 0.15) is 47.7 Å². The van der Waals surface area contributed by atoms with Crippen LogP contribution in [0.25, 0.3) is 10.9 Å². The molecule has 5 rings (SSSR count). The fourth-order valence-corrected chi connectivity index (χ4v) is 5.06. The van der Waals surface area contributed by atoms with Crippen LogP contribution in [0.2, 0.25) is 0 Å². The molecule has 0 amide bonds. The molecule has 1 fully saturated rings. The van der Waals surface area contributed by atoms with Crippen LogP contribution in [0.15, 0.2) is 30.6 Å². The van der Waals surface area contributed by atoms with Gasteiger partial charge < -0.3 is 14.2 Å². The van der Waals surface area contributed by atoms with Gasteiger partial charge in [0.05, 0.1) is 12.1 Å². The third-order valence-electron chi connectivity index (χ3n) is 6.61. The normalized spacial score (nSPS) is 19.1. The van der Waals surface area contributed by atoms with Crippen molar-refractivity contribution in [1.82, 2.24) is 14.5 Å². The number of ether oxygens (including phenoxy) is 1. The van der Waals surface area contributed by atoms with Crippen LogP contribution in [0.4, 0.5) is 5.82 Å². The number of fused-ring (bicyclic) bond motifs is 2. The SMILES string of the molecule is COCCn1ccnc1[C@@H]1CCCN(c2cc(C)c3cc4c(cc3n2)CCC4)C1. The Balaban J connectivity index is 1.43. The zero-order valence-electron chi connectivity index (χ0n) is 17.5. The van der Waals surface area contributed by atoms with Crippen molar-refractivity contribution in [2.45, 2.75) is 51.5 Å². The van der Waals surface area contributed by atoms with E-state index in [1.54, 1.807) is 7.11 Å². The Kier molecular flexibility index (Phi) is 5.00. The number of aromatic nitrogens is 3. The van der Waals surface area contributed by atoms with Crippen molar-refractivity contribution in [3.8, 4) is 0 Å². The number of piperidine rings is 1. The lowest BCUT2D eigenvalue weighted by Crippen LogP contribution is -2.36. The second-order valence-electron chi connectivity index (χ2n) is 8.55. The largest absolute Gasteiger partial charge is 0.383 e. The second-order valence-corrected chi connectivity index (χ2v) is 8.55. The molecule has 0 N–H and O–H groups in total. The molecule has 5 nitrogen and oxygen atoms in total. The van der Waals surface area contributed by atoms with Gasteiger partial charge in [-0.05, 0) is 73.9 Å². The maximum Gasteiger partial charge on any atom is 0.129 e. The van der Waals surface area contributed by atoms with Crippen LogP contribution in [0, 0.1) is 6.92 Å². The molecule has 3 aromatic rings. The standard InChI is InChI=1S/C24H30N4O/c1-17-13-23(26-22-15-19-6-3-5-18(19)14-21(17)22)28-9-4-7-20(16-28)24-25-8-10-27(24)11-12-29-2/h8,10,13-15,20H,3-7,9,11-12,16H2,1-2H3/t20-/m1/s1. The first kappa shape index (κ1) is 18.6. The predicted molar refractivity (Wildman–Crippen MR) is 117 cm³/mol. The Hall–Kier alpha value is -2.40. The molecule has 1 aliphatic heterocycles. The van der Waals surface area contributed by atoms with Crippen LogP contribution in [0.3, 0.4) is 0 Å². The maximum atomic E-state index is 5.26. The van der Waals surface area contributed by atoms with E-state index in [9.17, 15) is 0 Å². The monoisotopic (exact) mass is 390 g/mol. The topological polar surface area (TPSA) is 43.2 Å². The van der Waals surface area contributed by atoms with Gasteiger partial charge in [0.1, 0.15) is 11.6 Å². The lowest BCUT2D eigenvalue weighted by atomic mass is 9.96. The number of hydrogen-bond acceptors (Lipinski definition) is 4. The predicted octanol–water partition coefficient (Wildman–Crippen LogP) is 4.26. The van der Waals surface area contributed by atoms with Gasteiger partial charge in [-0.25, -0.2) is 9.97 Å². The summed E-state index contributed by atoms with van der Waals surface area (Å²) >= 11 is 0. The van der Waals surface area contributed by atoms with Gasteiger partial charge in [0, 0.05) is 50.4 Å². The lowest BCUT2D eigenvalue weighted by molar-refractivity contribution is 0.185. The Bertz CT molecular complexity index is 1030. The average molecular weight is 391 g/mol. The van der Waals surface area contributed by atoms with Crippen LogP contribution in [0.5, 0.6) is 0 Å². The molecule has 3 heterocycles. The molecule has 1 saturated heterocycles. The van der Waals surface area contributed by atoms with Crippen LogP contribution >= 0.6 is 0 Å². The van der Waals surface area contributed by atoms with Crippen molar-refractivity contribution in [2.75, 3.05) is 31.7 Å². The van der Waals surface area contributed by atoms with Gasteiger partial charge in [0.2, 0.25) is 0 Å². The van der Waals surface area contributed by atoms with Crippen molar-refractivity contribution < 1.29 is 4.74 Å². The first-order chi connectivity index (χ1) is 14.2. The van der Waals surface area contributed by atoms with E-state index in [0.717, 1.165) is 37.6 Å². The van der Waals surface area contributed by atoms with Gasteiger partial charge in [-0.15, -0.1) is 0 Å². The van der Waals surface area contributed by atoms with E-state index in [1.807, 2.05) is 6.20 Å². The fraction of sp³-hybridized carbons (Fsp3) is 0.500. The molecule has 2 aliphatic rings. The molecule has 29 heavy (non-hydrogen) atoms. The van der Waals surface area contributed by atoms with E-state index >= 15 is 0 Å². The zero-order valence-corrected chi connectivity index (χ0v) is 17.5. The van der Waals surface area contributed by atoms with E-state index in [4.69, 9.17) is 9.72 Å². The van der Waals surface area contributed by atoms with E-state index in [-0.39, 0.29) is 0 Å². The molecular formula is C24H30N4O. The average Bonchev–Trinajstić information content (AvgIpc) is 3.40. The van der Waals surface area contributed by atoms with Crippen molar-refractivity contribution in [3.63, 3.8) is 0 Å². The third kappa shape index (κ3) is 3.52. The van der Waals surface area contributed by atoms with Gasteiger partial charge in [0.15, 0.2) is 0 Å². The fourth-order valence-electron chi connectivity index (χ4n) is 5.06. The number of aryl methyl sites for hydroxylation is 3. The second kappa shape index (κ2) is 7.79. The summed E-state index contributed by atoms with van der Waals surface area (Å²) in [5.74, 6) is 2.74. The van der Waals surface area contributed by atoms with E-state index in [1.165, 1.54) is 60.0 Å². The highest BCUT2D eigenvalue weighted by Crippen LogP contribution is 2.33. The van der Waals surface area contributed by atoms with Crippen molar-refractivity contribution >= 4 is 16.7 Å². The molecule has 0 radical (unpaired) electrons. The van der Waals surface area contributed by atoms with Crippen LogP contribution in [-0.4, -0.2) is 41.3 Å². The number of hydrogen-bond donors (Lipinski definition) is 0. The Labute approximate surface area is 172 Å². The van der Waals surface area contributed by atoms with Crippen molar-refractivity contribution in [3.05, 3.63) is 53.1 Å². The van der Waals surface area contributed by atoms with E-state index in [2.05, 4.69) is 45.8 Å². The Morgan fingerprint density at radius 3 is 2.86 bits per heavy atom. The van der Waals surface area contributed by atoms with Crippen LogP contribution in [-0.2, 0) is 24.1 Å². The minimum Gasteiger partial charge on any atom is -0.383 e. The number of rotatable bonds is 5. The maximum absolute atomic E-state index is 5.26. The van der Waals surface area contributed by atoms with Crippen molar-refractivity contribution in [2.24, 2.45) is 0 Å². The van der Waals surface area contributed by atoms with Gasteiger partial charge in [-0.3, -0.25) is 0 Å². The smallest absolute Gasteiger partial charge is 0.129 e. The first-order valence-corrected chi connectivity index (χ1v) is 10.9. The van der Waals surface area contributed by atoms with E-state index < -0.39 is 0 Å². The minimum atomic E-state index is 0.438. The molecular weight excluding hydrogens is 360 g/mol. The molecule has 0 unspecified atom stereocenters. The van der Waals surface area contributed by atoms with Gasteiger partial charge >= 0.3 is 0 Å². The summed E-state index contributed by atoms with van der Waals surface area (Å²) in [6.45, 7) is 5.86. The molecule has 1 aromatic carbocycles. The Morgan fingerprint density at radius 1 is 1.14 bits per heavy atom. The van der Waals surface area contributed by atoms with Crippen LogP contribution < -0.4 is 4.90 Å². The summed E-state index contributed by atoms with van der Waals surface area (Å²) < 4.78 is 7.51. The highest BCUT2D eigenvalue weighted by atomic mass is 16.5. The molecule has 0 spiro atoms. The number of pyridine rings is 1. The van der Waals surface area contributed by atoms with E-state index in [0.29, 0.717) is 5.92 Å². The summed E-state index contributed by atoms with van der Waals surface area (Å²) in [5.41, 5.74) is 5.52. The molecule has 1 aliphatic carbocycles. The quantitative estimate of drug-likeness (QED) is 0.653. The van der Waals surface area contributed by atoms with Gasteiger partial charge in [-0.2, -0.15) is 0 Å². The minimum absolute atomic E-state index is 0.438. The Morgan fingerprint density at radius 2 is 2.00 bits per heavy atom. The highest BCUT2D eigenvalue weighted by Gasteiger charge is 2.26. The first-order valence-electron chi connectivity index (χ1n) is 10.9. The summed E-state index contributed by atoms with van der Waals surface area (Å²) in [4.78, 5) is 12.3. The molecule has 2 aromatic heterocycles. The number of nitrogens with zero attached hydrogens (tertiary/aromatic N) is 4. The molecule has 1 atom stereocenters. The number of imidazole rings is 1. The number of benzene rings is 1. The zero-order chi connectivity index (χ0) is 19.8. The molecule has 0 saturated carbocycles. The lowest BCUT2D eigenvalue weighted by Gasteiger charge is -2.34. The van der Waals surface area contributed by atoms with Crippen molar-refractivity contribution in [1.29, 1.82) is 0 Å². The summed E-state index contributed by atoms with van der Waals surface area (Å²) in [6, 6.07) is 7.01. The highest BCUT2D eigenvalue weighted by molar-refractivity contribution is 5.85. The molecule has 5 heteroatoms. The summed E-state index contributed by atoms with van der Waals surface area (Å²) in [5, 5.41) is 1.32.